The van der Waals surface area contributed by atoms with E-state index in [4.69, 9.17) is 5.73 Å². The van der Waals surface area contributed by atoms with Crippen LogP contribution >= 0.6 is 0 Å². The first-order chi connectivity index (χ1) is 9.50. The van der Waals surface area contributed by atoms with Crippen molar-refractivity contribution in [1.29, 1.82) is 0 Å². The number of likely N-dealkylation sites (N-methyl/N-ethyl adjacent to an activating group) is 1. The number of rotatable bonds is 4. The summed E-state index contributed by atoms with van der Waals surface area (Å²) in [6.07, 6.45) is 1.62. The van der Waals surface area contributed by atoms with Crippen LogP contribution in [0.2, 0.25) is 0 Å². The molecule has 0 unspecified atom stereocenters. The number of carbonyl (C=O) groups is 1. The molecular weight excluding hydrogens is 252 g/mol. The summed E-state index contributed by atoms with van der Waals surface area (Å²) in [7, 11) is 3.93. The van der Waals surface area contributed by atoms with E-state index in [1.807, 2.05) is 44.1 Å². The van der Waals surface area contributed by atoms with E-state index >= 15 is 0 Å². The van der Waals surface area contributed by atoms with Gasteiger partial charge in [0.2, 0.25) is 0 Å². The fraction of sp³-hybridized carbons (Fsp3) is 0.333. The molecule has 1 aromatic heterocycles. The van der Waals surface area contributed by atoms with E-state index in [1.165, 1.54) is 0 Å². The third-order valence-corrected chi connectivity index (χ3v) is 3.23. The summed E-state index contributed by atoms with van der Waals surface area (Å²) in [5, 5.41) is 4.59. The number of pyridine rings is 1. The monoisotopic (exact) mass is 272 g/mol. The normalized spacial score (nSPS) is 11.0. The number of hydrogen-bond acceptors (Lipinski definition) is 4. The van der Waals surface area contributed by atoms with Gasteiger partial charge in [-0.1, -0.05) is 6.07 Å². The quantitative estimate of drug-likeness (QED) is 0.826. The average molecular weight is 272 g/mol. The molecule has 3 N–H and O–H groups in total. The number of nitrogen functional groups attached to an aromatic ring is 1. The van der Waals surface area contributed by atoms with Crippen LogP contribution in [0.25, 0.3) is 10.8 Å². The maximum absolute atomic E-state index is 12.3. The molecule has 1 aromatic carbocycles. The highest BCUT2D eigenvalue weighted by Gasteiger charge is 2.14. The minimum atomic E-state index is -0.161. The fourth-order valence-corrected chi connectivity index (χ4v) is 2.14. The first-order valence-corrected chi connectivity index (χ1v) is 6.57. The second-order valence-electron chi connectivity index (χ2n) is 5.11. The molecule has 0 bridgehead atoms. The summed E-state index contributed by atoms with van der Waals surface area (Å²) in [5.41, 5.74) is 8.07. The molecule has 0 fully saturated rings. The molecule has 0 radical (unpaired) electrons. The van der Waals surface area contributed by atoms with Crippen molar-refractivity contribution in [3.63, 3.8) is 0 Å². The molecule has 0 saturated carbocycles. The van der Waals surface area contributed by atoms with Gasteiger partial charge in [0.15, 0.2) is 0 Å². The first kappa shape index (κ1) is 14.3. The van der Waals surface area contributed by atoms with Crippen LogP contribution in [-0.2, 0) is 0 Å². The maximum Gasteiger partial charge on any atom is 0.270 e. The van der Waals surface area contributed by atoms with Crippen LogP contribution < -0.4 is 11.1 Å². The summed E-state index contributed by atoms with van der Waals surface area (Å²) in [6.45, 7) is 3.34. The topological polar surface area (TPSA) is 71.2 Å². The molecule has 5 heteroatoms. The Labute approximate surface area is 118 Å². The van der Waals surface area contributed by atoms with E-state index in [0.717, 1.165) is 22.9 Å². The molecular formula is C15H20N4O. The van der Waals surface area contributed by atoms with Crippen molar-refractivity contribution >= 4 is 22.4 Å². The molecule has 2 rings (SSSR count). The number of benzene rings is 1. The second kappa shape index (κ2) is 5.88. The van der Waals surface area contributed by atoms with Gasteiger partial charge < -0.3 is 16.0 Å². The lowest BCUT2D eigenvalue weighted by Crippen LogP contribution is -2.32. The minimum Gasteiger partial charge on any atom is -0.398 e. The van der Waals surface area contributed by atoms with Crippen LogP contribution in [0, 0.1) is 6.92 Å². The van der Waals surface area contributed by atoms with E-state index in [1.54, 1.807) is 6.20 Å². The summed E-state index contributed by atoms with van der Waals surface area (Å²) >= 11 is 0. The Bertz CT molecular complexity index is 637. The molecule has 0 atom stereocenters. The second-order valence-corrected chi connectivity index (χ2v) is 5.11. The van der Waals surface area contributed by atoms with E-state index in [0.29, 0.717) is 17.9 Å². The summed E-state index contributed by atoms with van der Waals surface area (Å²) in [5.74, 6) is -0.161. The molecule has 0 aliphatic rings. The predicted molar refractivity (Wildman–Crippen MR) is 81.8 cm³/mol. The van der Waals surface area contributed by atoms with Crippen LogP contribution in [0.15, 0.2) is 24.4 Å². The Morgan fingerprint density at radius 1 is 1.35 bits per heavy atom. The number of anilines is 1. The number of fused-ring (bicyclic) bond motifs is 1. The third-order valence-electron chi connectivity index (χ3n) is 3.23. The van der Waals surface area contributed by atoms with Gasteiger partial charge in [0.25, 0.3) is 5.91 Å². The van der Waals surface area contributed by atoms with Crippen molar-refractivity contribution in [3.8, 4) is 0 Å². The van der Waals surface area contributed by atoms with Gasteiger partial charge in [-0.05, 0) is 38.7 Å². The molecule has 5 nitrogen and oxygen atoms in total. The van der Waals surface area contributed by atoms with Crippen LogP contribution in [0.5, 0.6) is 0 Å². The zero-order valence-corrected chi connectivity index (χ0v) is 12.1. The van der Waals surface area contributed by atoms with Crippen molar-refractivity contribution in [2.75, 3.05) is 32.9 Å². The average Bonchev–Trinajstić information content (AvgIpc) is 2.42. The van der Waals surface area contributed by atoms with Crippen LogP contribution in [-0.4, -0.2) is 43.0 Å². The Morgan fingerprint density at radius 2 is 2.10 bits per heavy atom. The molecule has 0 saturated heterocycles. The van der Waals surface area contributed by atoms with Crippen molar-refractivity contribution in [3.05, 3.63) is 35.7 Å². The number of hydrogen-bond donors (Lipinski definition) is 2. The fourth-order valence-electron chi connectivity index (χ4n) is 2.14. The van der Waals surface area contributed by atoms with E-state index in [-0.39, 0.29) is 5.91 Å². The summed E-state index contributed by atoms with van der Waals surface area (Å²) in [4.78, 5) is 18.5. The van der Waals surface area contributed by atoms with Gasteiger partial charge in [0, 0.05) is 35.7 Å². The summed E-state index contributed by atoms with van der Waals surface area (Å²) in [6, 6.07) is 5.61. The van der Waals surface area contributed by atoms with Gasteiger partial charge in [-0.2, -0.15) is 0 Å². The predicted octanol–water partition coefficient (Wildman–Crippen LogP) is 1.42. The Kier molecular flexibility index (Phi) is 4.20. The molecule has 2 aromatic rings. The number of aromatic nitrogens is 1. The van der Waals surface area contributed by atoms with Gasteiger partial charge in [0.05, 0.1) is 0 Å². The van der Waals surface area contributed by atoms with Gasteiger partial charge in [-0.25, -0.2) is 0 Å². The lowest BCUT2D eigenvalue weighted by molar-refractivity contribution is 0.0948. The van der Waals surface area contributed by atoms with Crippen LogP contribution in [0.3, 0.4) is 0 Å². The van der Waals surface area contributed by atoms with Crippen LogP contribution in [0.1, 0.15) is 16.1 Å². The SMILES string of the molecule is Cc1ccc(N)c2ccnc(C(=O)NCCN(C)C)c12. The lowest BCUT2D eigenvalue weighted by Gasteiger charge is -2.12. The number of nitrogens with zero attached hydrogens (tertiary/aromatic N) is 2. The molecule has 0 spiro atoms. The van der Waals surface area contributed by atoms with Crippen LogP contribution in [0.4, 0.5) is 5.69 Å². The molecule has 0 aliphatic heterocycles. The molecule has 1 amide bonds. The zero-order chi connectivity index (χ0) is 14.7. The third kappa shape index (κ3) is 2.88. The van der Waals surface area contributed by atoms with E-state index < -0.39 is 0 Å². The summed E-state index contributed by atoms with van der Waals surface area (Å²) < 4.78 is 0. The minimum absolute atomic E-state index is 0.161. The number of nitrogens with two attached hydrogens (primary N) is 1. The Morgan fingerprint density at radius 3 is 2.80 bits per heavy atom. The number of nitrogens with one attached hydrogen (secondary N) is 1. The smallest absolute Gasteiger partial charge is 0.270 e. The lowest BCUT2D eigenvalue weighted by atomic mass is 10.0. The van der Waals surface area contributed by atoms with Gasteiger partial charge >= 0.3 is 0 Å². The standard InChI is InChI=1S/C15H20N4O/c1-10-4-5-12(16)11-6-7-17-14(13(10)11)15(20)18-8-9-19(2)3/h4-7H,8-9,16H2,1-3H3,(H,18,20). The zero-order valence-electron chi connectivity index (χ0n) is 12.1. The Hall–Kier alpha value is -2.14. The number of carbonyl (C=O) groups excluding carboxylic acids is 1. The van der Waals surface area contributed by atoms with Gasteiger partial charge in [0.1, 0.15) is 5.69 Å². The van der Waals surface area contributed by atoms with Crippen molar-refractivity contribution in [2.45, 2.75) is 6.92 Å². The highest BCUT2D eigenvalue weighted by molar-refractivity contribution is 6.09. The van der Waals surface area contributed by atoms with Gasteiger partial charge in [-0.15, -0.1) is 0 Å². The van der Waals surface area contributed by atoms with E-state index in [2.05, 4.69) is 10.3 Å². The molecule has 0 aliphatic carbocycles. The largest absolute Gasteiger partial charge is 0.398 e. The highest BCUT2D eigenvalue weighted by atomic mass is 16.1. The van der Waals surface area contributed by atoms with Gasteiger partial charge in [-0.3, -0.25) is 9.78 Å². The molecule has 106 valence electrons. The highest BCUT2D eigenvalue weighted by Crippen LogP contribution is 2.26. The number of aryl methyl sites for hydroxylation is 1. The van der Waals surface area contributed by atoms with Crippen molar-refractivity contribution in [1.82, 2.24) is 15.2 Å². The first-order valence-electron chi connectivity index (χ1n) is 6.57. The Balaban J connectivity index is 2.35. The van der Waals surface area contributed by atoms with Crippen molar-refractivity contribution < 1.29 is 4.79 Å². The maximum atomic E-state index is 12.3. The molecule has 1 heterocycles. The van der Waals surface area contributed by atoms with E-state index in [9.17, 15) is 4.79 Å². The van der Waals surface area contributed by atoms with Crippen molar-refractivity contribution in [2.24, 2.45) is 0 Å². The molecule has 20 heavy (non-hydrogen) atoms. The number of amides is 1.